The van der Waals surface area contributed by atoms with E-state index in [0.717, 1.165) is 0 Å². The Bertz CT molecular complexity index is 2230. The average Bonchev–Trinajstić information content (AvgIpc) is 0.970. The third kappa shape index (κ3) is 78.7. The monoisotopic (exact) mass is 1820 g/mol. The fourth-order valence-corrected chi connectivity index (χ4v) is 10.4. The van der Waals surface area contributed by atoms with E-state index in [9.17, 15) is 5.11 Å². The van der Waals surface area contributed by atoms with E-state index in [0.29, 0.717) is 192 Å². The van der Waals surface area contributed by atoms with Crippen LogP contribution in [-0.2, 0) is 142 Å². The van der Waals surface area contributed by atoms with Gasteiger partial charge < -0.3 is 152 Å². The van der Waals surface area contributed by atoms with Crippen LogP contribution in [0.15, 0.2) is 0 Å². The molecular weight excluding hydrogens is 1630 g/mol. The molecule has 0 aromatic rings. The minimum absolute atomic E-state index is 0.0173. The molecule has 752 valence electrons. The van der Waals surface area contributed by atoms with Crippen molar-refractivity contribution >= 4 is 0 Å². The van der Waals surface area contributed by atoms with E-state index < -0.39 is 6.10 Å². The third-order valence-electron chi connectivity index (χ3n) is 18.7. The van der Waals surface area contributed by atoms with Crippen LogP contribution < -0.4 is 0 Å². The molecule has 0 fully saturated rings. The topological polar surface area (TPSA) is 317 Å². The molecule has 0 aromatic heterocycles. The zero-order valence-electron chi connectivity index (χ0n) is 84.0. The highest BCUT2D eigenvalue weighted by Crippen LogP contribution is 2.15. The van der Waals surface area contributed by atoms with E-state index in [1.165, 1.54) is 0 Å². The number of aliphatic hydroxyl groups excluding tert-OH is 2. The predicted octanol–water partition coefficient (Wildman–Crippen LogP) is 11.5. The lowest BCUT2D eigenvalue weighted by atomic mass is 10.3. The van der Waals surface area contributed by atoms with E-state index in [1.807, 2.05) is 208 Å². The van der Waals surface area contributed by atoms with Crippen molar-refractivity contribution in [3.8, 4) is 0 Å². The van der Waals surface area contributed by atoms with Gasteiger partial charge in [0.05, 0.1) is 394 Å². The van der Waals surface area contributed by atoms with Gasteiger partial charge in [0, 0.05) is 0 Å². The van der Waals surface area contributed by atoms with Crippen LogP contribution in [0.2, 0.25) is 0 Å². The molecule has 32 nitrogen and oxygen atoms in total. The Balaban J connectivity index is 4.08. The minimum Gasteiger partial charge on any atom is -0.394 e. The van der Waals surface area contributed by atoms with Gasteiger partial charge in [0.15, 0.2) is 0 Å². The van der Waals surface area contributed by atoms with E-state index in [-0.39, 0.29) is 196 Å². The average molecular weight is 1820 g/mol. The van der Waals surface area contributed by atoms with Gasteiger partial charge in [-0.05, 0) is 215 Å². The lowest BCUT2D eigenvalue weighted by molar-refractivity contribution is -0.118. The SMILES string of the molecule is CC(O)COC(C)COC(C)COC(C)COC(C)COC(C)COC(C)COC(C)COC(C)COC(C)COC(C)COC(C)COC(C)COC(C)COC(C)COC(C)COC(C)COC(C)COC(C)COC(C)COC(C)COC(C)COC(C)COC(C)COC(C)COC(C)COC(C)COC(C)COC(C)COC(C)COC(C)CO. The minimum atomic E-state index is -0.503. The number of hydrogen-bond acceptors (Lipinski definition) is 32. The molecule has 0 spiro atoms. The molecule has 31 atom stereocenters. The Morgan fingerprint density at radius 2 is 0.160 bits per heavy atom. The van der Waals surface area contributed by atoms with Gasteiger partial charge >= 0.3 is 0 Å². The fraction of sp³-hybridized carbons (Fsp3) is 1.00. The van der Waals surface area contributed by atoms with Gasteiger partial charge in [0.1, 0.15) is 0 Å². The summed E-state index contributed by atoms with van der Waals surface area (Å²) in [6, 6.07) is 0. The van der Waals surface area contributed by atoms with Gasteiger partial charge in [-0.3, -0.25) is 0 Å². The van der Waals surface area contributed by atoms with Crippen molar-refractivity contribution in [2.24, 2.45) is 0 Å². The Labute approximate surface area is 757 Å². The Hall–Kier alpha value is -1.28. The van der Waals surface area contributed by atoms with Gasteiger partial charge in [-0.25, -0.2) is 0 Å². The van der Waals surface area contributed by atoms with Gasteiger partial charge in [-0.1, -0.05) is 0 Å². The van der Waals surface area contributed by atoms with Crippen LogP contribution in [-0.4, -0.2) is 404 Å². The summed E-state index contributed by atoms with van der Waals surface area (Å²) in [6.07, 6.45) is -4.28. The molecule has 32 heteroatoms. The van der Waals surface area contributed by atoms with Crippen LogP contribution in [0.5, 0.6) is 0 Å². The molecule has 0 bridgehead atoms. The van der Waals surface area contributed by atoms with E-state index in [2.05, 4.69) is 0 Å². The summed E-state index contributed by atoms with van der Waals surface area (Å²) in [5.41, 5.74) is 0. The van der Waals surface area contributed by atoms with Crippen LogP contribution >= 0.6 is 0 Å². The Morgan fingerprint density at radius 1 is 0.104 bits per heavy atom. The maximum Gasteiger partial charge on any atom is 0.0781 e. The molecule has 0 aromatic carbocycles. The van der Waals surface area contributed by atoms with Crippen molar-refractivity contribution in [3.05, 3.63) is 0 Å². The molecule has 0 rings (SSSR count). The molecule has 2 N–H and O–H groups in total. The smallest absolute Gasteiger partial charge is 0.0781 e. The molecule has 0 amide bonds. The van der Waals surface area contributed by atoms with Crippen LogP contribution in [0, 0.1) is 0 Å². The summed E-state index contributed by atoms with van der Waals surface area (Å²) in [6.45, 7) is 73.4. The van der Waals surface area contributed by atoms with Crippen molar-refractivity contribution in [3.63, 3.8) is 0 Å². The summed E-state index contributed by atoms with van der Waals surface area (Å²) < 4.78 is 179. The standard InChI is InChI=1S/C93H188O32/c1-63(95)33-96-65(3)35-98-67(5)37-100-69(7)39-102-71(9)41-104-73(11)43-106-75(13)45-108-77(15)47-110-79(17)49-112-81(19)51-114-83(21)53-116-85(23)55-118-87(25)57-120-89(27)59-122-91(29)61-124-93(31)62-125-92(30)60-123-90(28)58-121-88(26)56-119-86(24)54-117-84(22)52-115-82(20)50-113-80(18)48-111-78(16)46-109-76(14)44-107-74(12)42-105-72(10)40-103-70(8)38-101-68(6)36-99-66(4)34-97-64(2)32-94/h63-95H,32-62H2,1-31H3. The largest absolute Gasteiger partial charge is 0.394 e. The van der Waals surface area contributed by atoms with Crippen molar-refractivity contribution < 1.29 is 152 Å². The molecule has 0 aliphatic heterocycles. The molecule has 31 unspecified atom stereocenters. The molecule has 0 saturated heterocycles. The third-order valence-corrected chi connectivity index (χ3v) is 18.7. The quantitative estimate of drug-likeness (QED) is 0.0571. The maximum atomic E-state index is 9.39. The van der Waals surface area contributed by atoms with Crippen LogP contribution in [0.25, 0.3) is 0 Å². The second-order valence-corrected chi connectivity index (χ2v) is 35.4. The second kappa shape index (κ2) is 78.0. The molecule has 0 aliphatic carbocycles. The van der Waals surface area contributed by atoms with Gasteiger partial charge in [0.25, 0.3) is 0 Å². The van der Waals surface area contributed by atoms with Gasteiger partial charge in [0.2, 0.25) is 0 Å². The molecular formula is C93H188O32. The maximum absolute atomic E-state index is 9.39. The Morgan fingerprint density at radius 3 is 0.216 bits per heavy atom. The zero-order chi connectivity index (χ0) is 94.0. The molecule has 0 heterocycles. The first-order valence-electron chi connectivity index (χ1n) is 46.9. The van der Waals surface area contributed by atoms with Crippen LogP contribution in [0.1, 0.15) is 215 Å². The first kappa shape index (κ1) is 124. The highest BCUT2D eigenvalue weighted by molar-refractivity contribution is 4.68. The summed E-state index contributed by atoms with van der Waals surface area (Å²) in [7, 11) is 0. The van der Waals surface area contributed by atoms with Crippen LogP contribution in [0.4, 0.5) is 0 Å². The lowest BCUT2D eigenvalue weighted by Crippen LogP contribution is -2.31. The molecule has 0 radical (unpaired) electrons. The molecule has 125 heavy (non-hydrogen) atoms. The summed E-state index contributed by atoms with van der Waals surface area (Å²) >= 11 is 0. The number of hydrogen-bond donors (Lipinski definition) is 2. The Kier molecular flexibility index (Phi) is 77.2. The van der Waals surface area contributed by atoms with Crippen molar-refractivity contribution in [2.75, 3.05) is 205 Å². The fourth-order valence-electron chi connectivity index (χ4n) is 10.4. The lowest BCUT2D eigenvalue weighted by Gasteiger charge is -2.24. The summed E-state index contributed by atoms with van der Waals surface area (Å²) in [4.78, 5) is 0. The first-order chi connectivity index (χ1) is 59.1. The van der Waals surface area contributed by atoms with Gasteiger partial charge in [-0.2, -0.15) is 0 Å². The van der Waals surface area contributed by atoms with Crippen molar-refractivity contribution in [1.82, 2.24) is 0 Å². The summed E-state index contributed by atoms with van der Waals surface area (Å²) in [5.74, 6) is 0. The van der Waals surface area contributed by atoms with E-state index in [4.69, 9.17) is 147 Å². The predicted molar refractivity (Wildman–Crippen MR) is 481 cm³/mol. The highest BCUT2D eigenvalue weighted by Gasteiger charge is 2.24. The van der Waals surface area contributed by atoms with E-state index >= 15 is 0 Å². The summed E-state index contributed by atoms with van der Waals surface area (Å²) in [5, 5.41) is 18.5. The van der Waals surface area contributed by atoms with Crippen molar-refractivity contribution in [2.45, 2.75) is 404 Å². The number of rotatable bonds is 91. The number of ether oxygens (including phenoxy) is 30. The highest BCUT2D eigenvalue weighted by atomic mass is 16.6. The van der Waals surface area contributed by atoms with Crippen molar-refractivity contribution in [1.29, 1.82) is 0 Å². The van der Waals surface area contributed by atoms with Crippen LogP contribution in [0.3, 0.4) is 0 Å². The second-order valence-electron chi connectivity index (χ2n) is 35.4. The first-order valence-corrected chi connectivity index (χ1v) is 46.9. The zero-order valence-corrected chi connectivity index (χ0v) is 84.0. The molecule has 0 saturated carbocycles. The number of aliphatic hydroxyl groups is 2. The van der Waals surface area contributed by atoms with Gasteiger partial charge in [-0.15, -0.1) is 0 Å². The van der Waals surface area contributed by atoms with E-state index in [1.54, 1.807) is 6.92 Å². The molecule has 0 aliphatic rings. The normalized spacial score (nSPS) is 20.0.